The van der Waals surface area contributed by atoms with Crippen LogP contribution in [0.25, 0.3) is 5.95 Å². The van der Waals surface area contributed by atoms with Gasteiger partial charge in [0.1, 0.15) is 6.54 Å². The lowest BCUT2D eigenvalue weighted by atomic mass is 10.2. The quantitative estimate of drug-likeness (QED) is 0.747. The zero-order chi connectivity index (χ0) is 19.7. The Morgan fingerprint density at radius 1 is 1.00 bits per heavy atom. The molecule has 3 heterocycles. The van der Waals surface area contributed by atoms with E-state index in [9.17, 15) is 9.59 Å². The van der Waals surface area contributed by atoms with Crippen LogP contribution in [0, 0.1) is 34.6 Å². The largest absolute Gasteiger partial charge is 0.322 e. The van der Waals surface area contributed by atoms with Crippen molar-refractivity contribution in [2.24, 2.45) is 0 Å². The van der Waals surface area contributed by atoms with Gasteiger partial charge in [0.25, 0.3) is 11.5 Å². The van der Waals surface area contributed by atoms with E-state index in [2.05, 4.69) is 25.4 Å². The molecule has 27 heavy (non-hydrogen) atoms. The van der Waals surface area contributed by atoms with Crippen LogP contribution < -0.4 is 10.9 Å². The molecule has 1 N–H and O–H groups in total. The molecule has 3 aromatic rings. The second kappa shape index (κ2) is 7.10. The number of aromatic nitrogens is 6. The second-order valence-corrected chi connectivity index (χ2v) is 6.42. The molecular formula is C18H21N7O2. The summed E-state index contributed by atoms with van der Waals surface area (Å²) in [4.78, 5) is 37.0. The minimum absolute atomic E-state index is 0.134. The van der Waals surface area contributed by atoms with Gasteiger partial charge in [-0.2, -0.15) is 5.10 Å². The summed E-state index contributed by atoms with van der Waals surface area (Å²) < 4.78 is 2.93. The Morgan fingerprint density at radius 2 is 1.67 bits per heavy atom. The molecule has 0 aliphatic heterocycles. The van der Waals surface area contributed by atoms with Crippen LogP contribution in [0.3, 0.4) is 0 Å². The van der Waals surface area contributed by atoms with Crippen molar-refractivity contribution in [1.29, 1.82) is 0 Å². The SMILES string of the molecule is Cc1nn(-c2ncc(NC(=O)Cn3cnc(C)c(C)c3=O)cn2)c(C)c1C. The fraction of sp³-hybridized carbons (Fsp3) is 0.333. The van der Waals surface area contributed by atoms with E-state index in [1.165, 1.54) is 23.3 Å². The molecule has 0 aliphatic rings. The Hall–Kier alpha value is -3.36. The summed E-state index contributed by atoms with van der Waals surface area (Å²) in [5, 5.41) is 7.09. The summed E-state index contributed by atoms with van der Waals surface area (Å²) >= 11 is 0. The molecule has 0 fully saturated rings. The first-order valence-electron chi connectivity index (χ1n) is 8.45. The molecule has 0 saturated carbocycles. The highest BCUT2D eigenvalue weighted by Gasteiger charge is 2.12. The average molecular weight is 367 g/mol. The van der Waals surface area contributed by atoms with Crippen LogP contribution in [0.1, 0.15) is 28.2 Å². The van der Waals surface area contributed by atoms with E-state index in [-0.39, 0.29) is 18.0 Å². The number of anilines is 1. The first-order valence-corrected chi connectivity index (χ1v) is 8.45. The van der Waals surface area contributed by atoms with Gasteiger partial charge in [0.2, 0.25) is 5.91 Å². The normalized spacial score (nSPS) is 10.9. The third-order valence-corrected chi connectivity index (χ3v) is 4.59. The van der Waals surface area contributed by atoms with Gasteiger partial charge in [-0.25, -0.2) is 19.6 Å². The molecule has 0 aromatic carbocycles. The standard InChI is InChI=1S/C18H21N7O2/c1-10-13(4)23-25(14(10)5)18-19-6-15(7-20-18)22-16(26)8-24-9-21-12(3)11(2)17(24)27/h6-7,9H,8H2,1-5H3,(H,22,26). The van der Waals surface area contributed by atoms with Crippen LogP contribution in [-0.2, 0) is 11.3 Å². The molecule has 0 spiro atoms. The molecular weight excluding hydrogens is 346 g/mol. The Balaban J connectivity index is 1.73. The lowest BCUT2D eigenvalue weighted by Crippen LogP contribution is -2.29. The van der Waals surface area contributed by atoms with Gasteiger partial charge < -0.3 is 5.32 Å². The predicted octanol–water partition coefficient (Wildman–Crippen LogP) is 1.40. The molecule has 3 rings (SSSR count). The van der Waals surface area contributed by atoms with Gasteiger partial charge in [-0.05, 0) is 40.2 Å². The Labute approximate surface area is 156 Å². The number of aryl methyl sites for hydroxylation is 2. The highest BCUT2D eigenvalue weighted by molar-refractivity contribution is 5.90. The molecule has 0 radical (unpaired) electrons. The summed E-state index contributed by atoms with van der Waals surface area (Å²) in [7, 11) is 0. The highest BCUT2D eigenvalue weighted by atomic mass is 16.2. The van der Waals surface area contributed by atoms with Crippen molar-refractivity contribution in [2.45, 2.75) is 41.2 Å². The molecule has 0 bridgehead atoms. The van der Waals surface area contributed by atoms with E-state index < -0.39 is 0 Å². The molecule has 0 aliphatic carbocycles. The summed E-state index contributed by atoms with van der Waals surface area (Å²) in [6, 6.07) is 0. The van der Waals surface area contributed by atoms with Crippen molar-refractivity contribution in [3.8, 4) is 5.95 Å². The van der Waals surface area contributed by atoms with E-state index in [4.69, 9.17) is 0 Å². The molecule has 3 aromatic heterocycles. The van der Waals surface area contributed by atoms with Gasteiger partial charge in [-0.15, -0.1) is 0 Å². The number of nitrogens with zero attached hydrogens (tertiary/aromatic N) is 6. The van der Waals surface area contributed by atoms with Gasteiger partial charge in [0, 0.05) is 17.0 Å². The average Bonchev–Trinajstić information content (AvgIpc) is 2.90. The Bertz CT molecular complexity index is 1060. The number of rotatable bonds is 4. The second-order valence-electron chi connectivity index (χ2n) is 6.42. The highest BCUT2D eigenvalue weighted by Crippen LogP contribution is 2.14. The van der Waals surface area contributed by atoms with Crippen LogP contribution in [0.15, 0.2) is 23.5 Å². The molecule has 9 nitrogen and oxygen atoms in total. The molecule has 140 valence electrons. The van der Waals surface area contributed by atoms with E-state index in [1.54, 1.807) is 18.5 Å². The number of hydrogen-bond donors (Lipinski definition) is 1. The van der Waals surface area contributed by atoms with E-state index in [1.807, 2.05) is 20.8 Å². The number of nitrogens with one attached hydrogen (secondary N) is 1. The zero-order valence-electron chi connectivity index (χ0n) is 15.9. The maximum atomic E-state index is 12.2. The maximum absolute atomic E-state index is 12.2. The van der Waals surface area contributed by atoms with Crippen molar-refractivity contribution in [2.75, 3.05) is 5.32 Å². The maximum Gasteiger partial charge on any atom is 0.256 e. The van der Waals surface area contributed by atoms with Crippen molar-refractivity contribution >= 4 is 11.6 Å². The summed E-state index contributed by atoms with van der Waals surface area (Å²) in [5.41, 5.74) is 4.35. The lowest BCUT2D eigenvalue weighted by Gasteiger charge is -2.09. The van der Waals surface area contributed by atoms with E-state index in [0.29, 0.717) is 22.9 Å². The molecule has 9 heteroatoms. The first kappa shape index (κ1) is 18.4. The van der Waals surface area contributed by atoms with Crippen LogP contribution in [0.4, 0.5) is 5.69 Å². The van der Waals surface area contributed by atoms with Crippen molar-refractivity contribution < 1.29 is 4.79 Å². The zero-order valence-corrected chi connectivity index (χ0v) is 15.9. The summed E-state index contributed by atoms with van der Waals surface area (Å²) in [6.45, 7) is 9.18. The smallest absolute Gasteiger partial charge is 0.256 e. The lowest BCUT2D eigenvalue weighted by molar-refractivity contribution is -0.116. The summed E-state index contributed by atoms with van der Waals surface area (Å²) in [6.07, 6.45) is 4.38. The van der Waals surface area contributed by atoms with Crippen molar-refractivity contribution in [3.05, 3.63) is 57.3 Å². The monoisotopic (exact) mass is 367 g/mol. The molecule has 0 atom stereocenters. The number of amides is 1. The van der Waals surface area contributed by atoms with Gasteiger partial charge in [-0.1, -0.05) is 0 Å². The summed E-state index contributed by atoms with van der Waals surface area (Å²) in [5.74, 6) is 0.0664. The van der Waals surface area contributed by atoms with Crippen molar-refractivity contribution in [1.82, 2.24) is 29.3 Å². The van der Waals surface area contributed by atoms with Crippen molar-refractivity contribution in [3.63, 3.8) is 0 Å². The Morgan fingerprint density at radius 3 is 2.26 bits per heavy atom. The minimum atomic E-state index is -0.361. The third kappa shape index (κ3) is 3.62. The van der Waals surface area contributed by atoms with Crippen LogP contribution >= 0.6 is 0 Å². The van der Waals surface area contributed by atoms with Crippen LogP contribution in [-0.4, -0.2) is 35.2 Å². The van der Waals surface area contributed by atoms with E-state index in [0.717, 1.165) is 17.0 Å². The fourth-order valence-electron chi connectivity index (χ4n) is 2.55. The molecule has 0 unspecified atom stereocenters. The number of hydrogen-bond acceptors (Lipinski definition) is 6. The first-order chi connectivity index (χ1) is 12.8. The van der Waals surface area contributed by atoms with Gasteiger partial charge in [0.15, 0.2) is 0 Å². The number of carbonyl (C=O) groups is 1. The topological polar surface area (TPSA) is 108 Å². The molecule has 1 amide bonds. The molecule has 0 saturated heterocycles. The minimum Gasteiger partial charge on any atom is -0.322 e. The van der Waals surface area contributed by atoms with Gasteiger partial charge in [0.05, 0.1) is 30.1 Å². The van der Waals surface area contributed by atoms with Crippen LogP contribution in [0.5, 0.6) is 0 Å². The van der Waals surface area contributed by atoms with Crippen LogP contribution in [0.2, 0.25) is 0 Å². The van der Waals surface area contributed by atoms with Gasteiger partial charge >= 0.3 is 0 Å². The van der Waals surface area contributed by atoms with Gasteiger partial charge in [-0.3, -0.25) is 14.2 Å². The Kier molecular flexibility index (Phi) is 4.85. The predicted molar refractivity (Wildman–Crippen MR) is 100.0 cm³/mol. The fourth-order valence-corrected chi connectivity index (χ4v) is 2.55. The third-order valence-electron chi connectivity index (χ3n) is 4.59. The number of carbonyl (C=O) groups excluding carboxylic acids is 1. The van der Waals surface area contributed by atoms with E-state index >= 15 is 0 Å².